The highest BCUT2D eigenvalue weighted by molar-refractivity contribution is 5.83. The van der Waals surface area contributed by atoms with Crippen molar-refractivity contribution in [3.63, 3.8) is 0 Å². The molecule has 0 aliphatic carbocycles. The van der Waals surface area contributed by atoms with E-state index in [4.69, 9.17) is 14.6 Å². The number of aliphatic hydroxyl groups is 1. The molecular weight excluding hydrogens is 640 g/mol. The first kappa shape index (κ1) is 35.9. The van der Waals surface area contributed by atoms with Gasteiger partial charge in [0.25, 0.3) is 0 Å². The van der Waals surface area contributed by atoms with Gasteiger partial charge in [-0.3, -0.25) is 14.5 Å². The molecule has 5 aromatic rings. The van der Waals surface area contributed by atoms with Crippen molar-refractivity contribution in [3.8, 4) is 11.1 Å². The third-order valence-corrected chi connectivity index (χ3v) is 9.98. The van der Waals surface area contributed by atoms with Crippen molar-refractivity contribution in [1.29, 1.82) is 0 Å². The summed E-state index contributed by atoms with van der Waals surface area (Å²) in [6, 6.07) is 39.3. The maximum absolute atomic E-state index is 12.1. The van der Waals surface area contributed by atoms with E-state index >= 15 is 0 Å². The molecule has 1 amide bonds. The van der Waals surface area contributed by atoms with Gasteiger partial charge in [-0.05, 0) is 76.3 Å². The Morgan fingerprint density at radius 3 is 2.25 bits per heavy atom. The van der Waals surface area contributed by atoms with Gasteiger partial charge in [-0.25, -0.2) is 0 Å². The van der Waals surface area contributed by atoms with E-state index < -0.39 is 12.3 Å². The van der Waals surface area contributed by atoms with Gasteiger partial charge in [0.2, 0.25) is 5.91 Å². The van der Waals surface area contributed by atoms with E-state index in [9.17, 15) is 14.7 Å². The molecule has 3 N–H and O–H groups in total. The molecule has 1 aliphatic heterocycles. The SMILES string of the molecule is C[C@H]1[C@@H](CN(C)[C@H](C)c2ccc3ccccc3c2)O[C@@H](c2cccc(-c3cccc(CNC(=O)CCC(=O)O)c3)c2)O[C@H]1c1ccc(CO)cc1. The Bertz CT molecular complexity index is 1960. The summed E-state index contributed by atoms with van der Waals surface area (Å²) in [4.78, 5) is 25.3. The summed E-state index contributed by atoms with van der Waals surface area (Å²) in [6.45, 7) is 5.40. The minimum atomic E-state index is -0.993. The molecule has 0 aromatic heterocycles. The summed E-state index contributed by atoms with van der Waals surface area (Å²) in [6.07, 6.45) is -1.24. The standard InChI is InChI=1S/C43H46N2O6/c1-28-39(26-45(3)29(2)34-19-18-32-9-4-5-10-36(32)23-34)50-43(51-42(28)33-16-14-30(27-46)15-17-33)38-13-7-12-37(24-38)35-11-6-8-31(22-35)25-44-40(47)20-21-41(48)49/h4-19,22-24,28-29,39,42-43,46H,20-21,25-27H2,1-3H3,(H,44,47)(H,48,49)/t28-,29+,39+,42+,43+/m0/s1. The Balaban J connectivity index is 1.23. The monoisotopic (exact) mass is 686 g/mol. The number of ether oxygens (including phenoxy) is 2. The average Bonchev–Trinajstić information content (AvgIpc) is 3.16. The lowest BCUT2D eigenvalue weighted by molar-refractivity contribution is -0.276. The molecule has 0 saturated carbocycles. The van der Waals surface area contributed by atoms with Gasteiger partial charge in [-0.15, -0.1) is 0 Å². The number of nitrogens with one attached hydrogen (secondary N) is 1. The Hall–Kier alpha value is -4.86. The number of carboxylic acid groups (broad SMARTS) is 1. The fourth-order valence-electron chi connectivity index (χ4n) is 6.73. The van der Waals surface area contributed by atoms with E-state index in [1.165, 1.54) is 16.3 Å². The Morgan fingerprint density at radius 2 is 1.51 bits per heavy atom. The van der Waals surface area contributed by atoms with E-state index in [1.54, 1.807) is 0 Å². The molecule has 1 saturated heterocycles. The van der Waals surface area contributed by atoms with E-state index in [0.717, 1.165) is 33.4 Å². The van der Waals surface area contributed by atoms with Crippen molar-refractivity contribution in [2.75, 3.05) is 13.6 Å². The second kappa shape index (κ2) is 16.4. The lowest BCUT2D eigenvalue weighted by Gasteiger charge is -2.43. The maximum atomic E-state index is 12.1. The van der Waals surface area contributed by atoms with E-state index in [-0.39, 0.29) is 49.5 Å². The van der Waals surface area contributed by atoms with Crippen LogP contribution in [0, 0.1) is 5.92 Å². The summed E-state index contributed by atoms with van der Waals surface area (Å²) in [7, 11) is 2.15. The van der Waals surface area contributed by atoms with Gasteiger partial charge >= 0.3 is 5.97 Å². The number of rotatable bonds is 13. The Morgan fingerprint density at radius 1 is 0.784 bits per heavy atom. The fraction of sp³-hybridized carbons (Fsp3) is 0.302. The second-order valence-corrected chi connectivity index (χ2v) is 13.5. The molecule has 264 valence electrons. The average molecular weight is 687 g/mol. The van der Waals surface area contributed by atoms with Gasteiger partial charge in [-0.2, -0.15) is 0 Å². The number of carboxylic acids is 1. The van der Waals surface area contributed by atoms with E-state index in [2.05, 4.69) is 79.6 Å². The van der Waals surface area contributed by atoms with Crippen LogP contribution in [0.2, 0.25) is 0 Å². The summed E-state index contributed by atoms with van der Waals surface area (Å²) in [5.41, 5.74) is 6.92. The zero-order valence-electron chi connectivity index (χ0n) is 29.4. The van der Waals surface area contributed by atoms with Crippen LogP contribution in [-0.2, 0) is 32.2 Å². The molecular formula is C43H46N2O6. The third-order valence-electron chi connectivity index (χ3n) is 9.98. The maximum Gasteiger partial charge on any atom is 0.303 e. The summed E-state index contributed by atoms with van der Waals surface area (Å²) in [5, 5.41) is 23.8. The molecule has 1 fully saturated rings. The fourth-order valence-corrected chi connectivity index (χ4v) is 6.73. The van der Waals surface area contributed by atoms with Gasteiger partial charge in [0, 0.05) is 37.0 Å². The first-order chi connectivity index (χ1) is 24.7. The smallest absolute Gasteiger partial charge is 0.303 e. The highest BCUT2D eigenvalue weighted by Gasteiger charge is 2.39. The van der Waals surface area contributed by atoms with Gasteiger partial charge in [0.05, 0.1) is 25.2 Å². The van der Waals surface area contributed by atoms with Gasteiger partial charge in [0.15, 0.2) is 6.29 Å². The highest BCUT2D eigenvalue weighted by Crippen LogP contribution is 2.43. The van der Waals surface area contributed by atoms with Crippen LogP contribution >= 0.6 is 0 Å². The minimum Gasteiger partial charge on any atom is -0.481 e. The lowest BCUT2D eigenvalue weighted by Crippen LogP contribution is -2.44. The first-order valence-corrected chi connectivity index (χ1v) is 17.6. The van der Waals surface area contributed by atoms with Gasteiger partial charge < -0.3 is 25.0 Å². The van der Waals surface area contributed by atoms with Crippen molar-refractivity contribution in [2.24, 2.45) is 5.92 Å². The number of nitrogens with zero attached hydrogens (tertiary/aromatic N) is 1. The summed E-state index contributed by atoms with van der Waals surface area (Å²) < 4.78 is 13.6. The number of carbonyl (C=O) groups is 2. The van der Waals surface area contributed by atoms with Crippen molar-refractivity contribution in [1.82, 2.24) is 10.2 Å². The zero-order valence-corrected chi connectivity index (χ0v) is 29.4. The quantitative estimate of drug-likeness (QED) is 0.115. The van der Waals surface area contributed by atoms with Crippen LogP contribution < -0.4 is 5.32 Å². The minimum absolute atomic E-state index is 0.0156. The van der Waals surface area contributed by atoms with Crippen LogP contribution in [0.25, 0.3) is 21.9 Å². The molecule has 6 rings (SSSR count). The van der Waals surface area contributed by atoms with Gasteiger partial charge in [0.1, 0.15) is 0 Å². The molecule has 8 nitrogen and oxygen atoms in total. The summed E-state index contributed by atoms with van der Waals surface area (Å²) in [5.74, 6) is -1.25. The number of amides is 1. The van der Waals surface area contributed by atoms with Crippen LogP contribution in [-0.4, -0.2) is 46.7 Å². The topological polar surface area (TPSA) is 108 Å². The van der Waals surface area contributed by atoms with Crippen molar-refractivity contribution < 1.29 is 29.3 Å². The molecule has 1 aliphatic rings. The number of likely N-dealkylation sites (N-methyl/N-ethyl adjacent to an activating group) is 1. The van der Waals surface area contributed by atoms with Crippen molar-refractivity contribution >= 4 is 22.6 Å². The predicted molar refractivity (Wildman–Crippen MR) is 199 cm³/mol. The molecule has 0 radical (unpaired) electrons. The van der Waals surface area contributed by atoms with Crippen molar-refractivity contribution in [2.45, 2.75) is 64.4 Å². The molecule has 8 heteroatoms. The van der Waals surface area contributed by atoms with E-state index in [0.29, 0.717) is 13.1 Å². The first-order valence-electron chi connectivity index (χ1n) is 17.6. The zero-order chi connectivity index (χ0) is 35.9. The predicted octanol–water partition coefficient (Wildman–Crippen LogP) is 7.96. The number of benzene rings is 5. The van der Waals surface area contributed by atoms with Crippen LogP contribution in [0.5, 0.6) is 0 Å². The molecule has 0 spiro atoms. The summed E-state index contributed by atoms with van der Waals surface area (Å²) >= 11 is 0. The van der Waals surface area contributed by atoms with E-state index in [1.807, 2.05) is 66.7 Å². The van der Waals surface area contributed by atoms with Crippen LogP contribution in [0.3, 0.4) is 0 Å². The Kier molecular flexibility index (Phi) is 11.6. The van der Waals surface area contributed by atoms with Crippen LogP contribution in [0.15, 0.2) is 115 Å². The number of carbonyl (C=O) groups excluding carboxylic acids is 1. The number of aliphatic hydroxyl groups excluding tert-OH is 1. The van der Waals surface area contributed by atoms with Crippen molar-refractivity contribution in [3.05, 3.63) is 143 Å². The highest BCUT2D eigenvalue weighted by atomic mass is 16.7. The number of aliphatic carboxylic acids is 1. The number of hydrogen-bond acceptors (Lipinski definition) is 6. The molecule has 1 heterocycles. The largest absolute Gasteiger partial charge is 0.481 e. The second-order valence-electron chi connectivity index (χ2n) is 13.5. The number of fused-ring (bicyclic) bond motifs is 1. The normalized spacial score (nSPS) is 19.5. The molecule has 5 aromatic carbocycles. The molecule has 5 atom stereocenters. The van der Waals surface area contributed by atoms with Gasteiger partial charge in [-0.1, -0.05) is 104 Å². The van der Waals surface area contributed by atoms with Crippen LogP contribution in [0.1, 0.15) is 72.9 Å². The Labute approximate surface area is 299 Å². The molecule has 51 heavy (non-hydrogen) atoms. The lowest BCUT2D eigenvalue weighted by atomic mass is 9.89. The third kappa shape index (κ3) is 8.90. The molecule has 0 bridgehead atoms. The van der Waals surface area contributed by atoms with Crippen LogP contribution in [0.4, 0.5) is 0 Å². The molecule has 0 unspecified atom stereocenters. The number of hydrogen-bond donors (Lipinski definition) is 3.